The average Bonchev–Trinajstić information content (AvgIpc) is 3.28. The van der Waals surface area contributed by atoms with Crippen molar-refractivity contribution in [1.82, 2.24) is 20.3 Å². The van der Waals surface area contributed by atoms with Crippen LogP contribution in [0.5, 0.6) is 0 Å². The monoisotopic (exact) mass is 503 g/mol. The van der Waals surface area contributed by atoms with E-state index in [-0.39, 0.29) is 36.5 Å². The van der Waals surface area contributed by atoms with Crippen molar-refractivity contribution >= 4 is 17.4 Å². The fourth-order valence-corrected chi connectivity index (χ4v) is 5.01. The summed E-state index contributed by atoms with van der Waals surface area (Å²) in [5.74, 6) is 0.178. The summed E-state index contributed by atoms with van der Waals surface area (Å²) in [6, 6.07) is 15.6. The minimum Gasteiger partial charge on any atom is -0.307 e. The molecule has 196 valence electrons. The van der Waals surface area contributed by atoms with Crippen molar-refractivity contribution < 1.29 is 11.0 Å². The molecule has 0 fully saturated rings. The van der Waals surface area contributed by atoms with Crippen molar-refractivity contribution in [2.24, 2.45) is 5.41 Å². The molecular formula is C30H39N5O2. The highest BCUT2D eigenvalue weighted by Gasteiger charge is 2.29. The third-order valence-electron chi connectivity index (χ3n) is 6.72. The van der Waals surface area contributed by atoms with Crippen molar-refractivity contribution in [2.75, 3.05) is 11.4 Å². The van der Waals surface area contributed by atoms with Crippen LogP contribution < -0.4 is 10.2 Å². The lowest BCUT2D eigenvalue weighted by Gasteiger charge is -2.28. The number of nitrogens with one attached hydrogen (secondary N) is 1. The minimum absolute atomic E-state index is 0.0373. The average molecular weight is 504 g/mol. The number of benzene rings is 2. The Morgan fingerprint density at radius 2 is 1.84 bits per heavy atom. The molecule has 1 N–H and O–H groups in total. The lowest BCUT2D eigenvalue weighted by Crippen LogP contribution is -2.41. The topological polar surface area (TPSA) is 80.1 Å². The molecule has 2 aromatic carbocycles. The molecule has 37 heavy (non-hydrogen) atoms. The van der Waals surface area contributed by atoms with Crippen molar-refractivity contribution in [3.05, 3.63) is 54.1 Å². The number of nitrogens with zero attached hydrogens (tertiary/aromatic N) is 4. The second-order valence-electron chi connectivity index (χ2n) is 10.9. The summed E-state index contributed by atoms with van der Waals surface area (Å²) in [6.45, 7) is 10.1. The first-order valence-corrected chi connectivity index (χ1v) is 13.2. The number of Topliss-reactive ketones (excluding diaryl/α,β-unsaturated/α-hetero) is 1. The summed E-state index contributed by atoms with van der Waals surface area (Å²) in [5.41, 5.74) is 5.29. The van der Waals surface area contributed by atoms with Gasteiger partial charge in [-0.25, -0.2) is 4.68 Å². The number of ketones is 1. The standard InChI is InChI=1S/C30H39N5O2/c1-6-12-26(36)24(19-30(3,4)5)31-17-18-35-29-22-14-9-8-13-21(22)20-34(27(37)7-2)25-16-11-10-15-23(25)28(29)32-33-35/h8-11,13-16,24,31H,6-7,12,17-20H2,1-5H3/i2T. The molecular weight excluding hydrogens is 462 g/mol. The van der Waals surface area contributed by atoms with E-state index in [1.165, 1.54) is 0 Å². The van der Waals surface area contributed by atoms with Crippen LogP contribution in [0.15, 0.2) is 48.5 Å². The van der Waals surface area contributed by atoms with Crippen LogP contribution in [0.2, 0.25) is 0 Å². The molecule has 1 unspecified atom stereocenters. The Kier molecular flexibility index (Phi) is 7.79. The molecule has 1 atom stereocenters. The zero-order chi connectivity index (χ0) is 27.3. The number of carbonyl (C=O) groups excluding carboxylic acids is 2. The molecule has 0 spiro atoms. The number of carbonyl (C=O) groups is 2. The number of fused-ring (bicyclic) bond motifs is 5. The Hall–Kier alpha value is -3.32. The second kappa shape index (κ2) is 11.4. The number of anilines is 1. The van der Waals surface area contributed by atoms with Crippen LogP contribution in [0.25, 0.3) is 22.5 Å². The van der Waals surface area contributed by atoms with Crippen molar-refractivity contribution in [1.29, 1.82) is 0 Å². The maximum atomic E-state index is 13.1. The van der Waals surface area contributed by atoms with Gasteiger partial charge in [-0.2, -0.15) is 0 Å². The van der Waals surface area contributed by atoms with E-state index >= 15 is 0 Å². The smallest absolute Gasteiger partial charge is 0.227 e. The molecule has 0 bridgehead atoms. The maximum absolute atomic E-state index is 13.1. The Labute approximate surface area is 221 Å². The fraction of sp³-hybridized carbons (Fsp3) is 0.467. The Morgan fingerprint density at radius 1 is 1.11 bits per heavy atom. The first-order chi connectivity index (χ1) is 18.2. The Balaban J connectivity index is 1.69. The van der Waals surface area contributed by atoms with Crippen LogP contribution in [0.1, 0.15) is 67.2 Å². The molecule has 1 aliphatic heterocycles. The summed E-state index contributed by atoms with van der Waals surface area (Å²) in [6.07, 6.45) is 2.36. The van der Waals surface area contributed by atoms with Crippen LogP contribution >= 0.6 is 0 Å². The van der Waals surface area contributed by atoms with Gasteiger partial charge in [-0.05, 0) is 29.9 Å². The molecule has 0 radical (unpaired) electrons. The van der Waals surface area contributed by atoms with Gasteiger partial charge in [0, 0.05) is 31.9 Å². The van der Waals surface area contributed by atoms with E-state index in [1.807, 2.05) is 54.1 Å². The molecule has 3 aromatic rings. The summed E-state index contributed by atoms with van der Waals surface area (Å²) >= 11 is 0. The number of aromatic nitrogens is 3. The second-order valence-corrected chi connectivity index (χ2v) is 10.9. The van der Waals surface area contributed by atoms with Crippen LogP contribution in [-0.2, 0) is 22.7 Å². The molecule has 1 amide bonds. The molecule has 7 heteroatoms. The van der Waals surface area contributed by atoms with E-state index in [2.05, 4.69) is 42.5 Å². The quantitative estimate of drug-likeness (QED) is 0.409. The molecule has 0 saturated heterocycles. The van der Waals surface area contributed by atoms with Crippen molar-refractivity contribution in [3.63, 3.8) is 0 Å². The van der Waals surface area contributed by atoms with Gasteiger partial charge in [-0.1, -0.05) is 82.3 Å². The molecule has 4 rings (SSSR count). The Morgan fingerprint density at radius 3 is 2.57 bits per heavy atom. The predicted molar refractivity (Wildman–Crippen MR) is 148 cm³/mol. The van der Waals surface area contributed by atoms with E-state index in [1.54, 1.807) is 4.90 Å². The van der Waals surface area contributed by atoms with E-state index in [0.29, 0.717) is 26.1 Å². The van der Waals surface area contributed by atoms with Gasteiger partial charge in [0.15, 0.2) is 0 Å². The van der Waals surface area contributed by atoms with E-state index in [9.17, 15) is 9.59 Å². The number of hydrogen-bond acceptors (Lipinski definition) is 5. The van der Waals surface area contributed by atoms with E-state index in [4.69, 9.17) is 1.37 Å². The first-order valence-electron chi connectivity index (χ1n) is 13.9. The number of rotatable bonds is 9. The number of amides is 1. The zero-order valence-corrected chi connectivity index (χ0v) is 22.5. The van der Waals surface area contributed by atoms with Gasteiger partial charge < -0.3 is 10.2 Å². The molecule has 0 aliphatic carbocycles. The van der Waals surface area contributed by atoms with Gasteiger partial charge in [-0.15, -0.1) is 5.10 Å². The third-order valence-corrected chi connectivity index (χ3v) is 6.72. The lowest BCUT2D eigenvalue weighted by atomic mass is 9.86. The normalized spacial score (nSPS) is 14.1. The molecule has 1 aromatic heterocycles. The lowest BCUT2D eigenvalue weighted by molar-refractivity contribution is -0.122. The van der Waals surface area contributed by atoms with Gasteiger partial charge in [-0.3, -0.25) is 9.59 Å². The zero-order valence-electron chi connectivity index (χ0n) is 23.5. The maximum Gasteiger partial charge on any atom is 0.227 e. The first kappa shape index (κ1) is 25.3. The van der Waals surface area contributed by atoms with Crippen LogP contribution in [0.4, 0.5) is 5.69 Å². The summed E-state index contributed by atoms with van der Waals surface area (Å²) < 4.78 is 9.51. The minimum atomic E-state index is -0.190. The number of para-hydroxylation sites is 1. The molecule has 1 aliphatic rings. The van der Waals surface area contributed by atoms with Gasteiger partial charge in [0.1, 0.15) is 11.5 Å². The van der Waals surface area contributed by atoms with Crippen molar-refractivity contribution in [2.45, 2.75) is 79.4 Å². The molecule has 0 saturated carbocycles. The van der Waals surface area contributed by atoms with Crippen LogP contribution in [-0.4, -0.2) is 39.3 Å². The summed E-state index contributed by atoms with van der Waals surface area (Å²) in [4.78, 5) is 27.7. The van der Waals surface area contributed by atoms with Crippen LogP contribution in [0.3, 0.4) is 0 Å². The van der Waals surface area contributed by atoms with E-state index < -0.39 is 0 Å². The van der Waals surface area contributed by atoms with Gasteiger partial charge >= 0.3 is 0 Å². The van der Waals surface area contributed by atoms with Gasteiger partial charge in [0.25, 0.3) is 0 Å². The number of hydrogen-bond donors (Lipinski definition) is 1. The largest absolute Gasteiger partial charge is 0.307 e. The third kappa shape index (κ3) is 5.99. The van der Waals surface area contributed by atoms with Gasteiger partial charge in [0.2, 0.25) is 5.91 Å². The van der Waals surface area contributed by atoms with Gasteiger partial charge in [0.05, 0.1) is 30.5 Å². The molecule has 2 heterocycles. The van der Waals surface area contributed by atoms with Crippen molar-refractivity contribution in [3.8, 4) is 22.5 Å². The summed E-state index contributed by atoms with van der Waals surface area (Å²) in [5, 5.41) is 12.7. The van der Waals surface area contributed by atoms with E-state index in [0.717, 1.165) is 46.6 Å². The predicted octanol–water partition coefficient (Wildman–Crippen LogP) is 5.63. The Bertz CT molecular complexity index is 1280. The van der Waals surface area contributed by atoms with Crippen LogP contribution in [0, 0.1) is 5.41 Å². The SMILES string of the molecule is [3H]CCC(=O)N1Cc2ccccc2-c2c(nnn2CCNC(CC(C)(C)C)C(=O)CCC)-c2ccccc21. The molecule has 7 nitrogen and oxygen atoms in total. The summed E-state index contributed by atoms with van der Waals surface area (Å²) in [7, 11) is 0. The highest BCUT2D eigenvalue weighted by molar-refractivity contribution is 6.00. The highest BCUT2D eigenvalue weighted by Crippen LogP contribution is 2.41. The fourth-order valence-electron chi connectivity index (χ4n) is 5.01. The highest BCUT2D eigenvalue weighted by atomic mass is 16.2.